The molecule has 1 saturated carbocycles. The van der Waals surface area contributed by atoms with Crippen molar-refractivity contribution in [2.45, 2.75) is 58.0 Å². The zero-order valence-corrected chi connectivity index (χ0v) is 12.3. The van der Waals surface area contributed by atoms with Crippen molar-refractivity contribution in [3.63, 3.8) is 0 Å². The fourth-order valence-corrected chi connectivity index (χ4v) is 3.27. The SMILES string of the molecule is CCNC1COCC1C(=O)NC1CCCCCC1C. The molecule has 2 fully saturated rings. The van der Waals surface area contributed by atoms with Crippen LogP contribution in [0.5, 0.6) is 0 Å². The largest absolute Gasteiger partial charge is 0.379 e. The van der Waals surface area contributed by atoms with Crippen LogP contribution in [0.25, 0.3) is 0 Å². The molecule has 2 aliphatic rings. The van der Waals surface area contributed by atoms with Crippen LogP contribution in [-0.2, 0) is 9.53 Å². The summed E-state index contributed by atoms with van der Waals surface area (Å²) < 4.78 is 5.46. The lowest BCUT2D eigenvalue weighted by molar-refractivity contribution is -0.126. The third-order valence-electron chi connectivity index (χ3n) is 4.57. The summed E-state index contributed by atoms with van der Waals surface area (Å²) in [6, 6.07) is 0.545. The topological polar surface area (TPSA) is 50.4 Å². The molecular weight excluding hydrogens is 240 g/mol. The van der Waals surface area contributed by atoms with Crippen LogP contribution in [-0.4, -0.2) is 37.7 Å². The molecule has 1 amide bonds. The normalized spacial score (nSPS) is 35.9. The molecule has 4 unspecified atom stereocenters. The van der Waals surface area contributed by atoms with Gasteiger partial charge in [0.15, 0.2) is 0 Å². The summed E-state index contributed by atoms with van der Waals surface area (Å²) in [6.07, 6.45) is 6.23. The number of nitrogens with one attached hydrogen (secondary N) is 2. The molecule has 1 aliphatic heterocycles. The maximum absolute atomic E-state index is 12.4. The first-order valence-corrected chi connectivity index (χ1v) is 7.84. The Hall–Kier alpha value is -0.610. The van der Waals surface area contributed by atoms with Crippen LogP contribution in [0.2, 0.25) is 0 Å². The Bertz CT molecular complexity index is 296. The number of amides is 1. The minimum Gasteiger partial charge on any atom is -0.379 e. The maximum Gasteiger partial charge on any atom is 0.227 e. The lowest BCUT2D eigenvalue weighted by Gasteiger charge is -2.26. The van der Waals surface area contributed by atoms with Gasteiger partial charge in [-0.25, -0.2) is 0 Å². The summed E-state index contributed by atoms with van der Waals surface area (Å²) in [5, 5.41) is 6.63. The van der Waals surface area contributed by atoms with Gasteiger partial charge >= 0.3 is 0 Å². The van der Waals surface area contributed by atoms with E-state index >= 15 is 0 Å². The second-order valence-electron chi connectivity index (χ2n) is 6.04. The average Bonchev–Trinajstić information content (AvgIpc) is 2.76. The number of carbonyl (C=O) groups is 1. The van der Waals surface area contributed by atoms with Crippen molar-refractivity contribution < 1.29 is 9.53 Å². The standard InChI is InChI=1S/C15H28N2O2/c1-3-16-14-10-19-9-12(14)15(18)17-13-8-6-4-5-7-11(13)2/h11-14,16H,3-10H2,1-2H3,(H,17,18). The molecule has 0 radical (unpaired) electrons. The van der Waals surface area contributed by atoms with Crippen LogP contribution in [0.4, 0.5) is 0 Å². The third kappa shape index (κ3) is 3.93. The maximum atomic E-state index is 12.4. The lowest BCUT2D eigenvalue weighted by atomic mass is 9.95. The van der Waals surface area contributed by atoms with E-state index in [4.69, 9.17) is 4.74 Å². The molecule has 0 spiro atoms. The molecule has 1 heterocycles. The Balaban J connectivity index is 1.88. The van der Waals surface area contributed by atoms with Crippen molar-refractivity contribution in [2.24, 2.45) is 11.8 Å². The van der Waals surface area contributed by atoms with E-state index in [1.165, 1.54) is 25.7 Å². The van der Waals surface area contributed by atoms with E-state index in [1.54, 1.807) is 0 Å². The van der Waals surface area contributed by atoms with E-state index in [0.717, 1.165) is 13.0 Å². The molecule has 0 bridgehead atoms. The van der Waals surface area contributed by atoms with Crippen molar-refractivity contribution in [3.05, 3.63) is 0 Å². The van der Waals surface area contributed by atoms with Gasteiger partial charge in [-0.2, -0.15) is 0 Å². The fraction of sp³-hybridized carbons (Fsp3) is 0.933. The van der Waals surface area contributed by atoms with Crippen molar-refractivity contribution >= 4 is 5.91 Å². The van der Waals surface area contributed by atoms with Gasteiger partial charge < -0.3 is 15.4 Å². The van der Waals surface area contributed by atoms with E-state index in [1.807, 2.05) is 0 Å². The van der Waals surface area contributed by atoms with Crippen LogP contribution in [0.1, 0.15) is 46.0 Å². The third-order valence-corrected chi connectivity index (χ3v) is 4.57. The van der Waals surface area contributed by atoms with Crippen molar-refractivity contribution in [1.82, 2.24) is 10.6 Å². The van der Waals surface area contributed by atoms with Crippen LogP contribution >= 0.6 is 0 Å². The number of ether oxygens (including phenoxy) is 1. The zero-order chi connectivity index (χ0) is 13.7. The predicted octanol–water partition coefficient (Wildman–Crippen LogP) is 1.70. The van der Waals surface area contributed by atoms with Crippen LogP contribution in [0.15, 0.2) is 0 Å². The van der Waals surface area contributed by atoms with Gasteiger partial charge in [0.2, 0.25) is 5.91 Å². The molecule has 4 nitrogen and oxygen atoms in total. The molecule has 19 heavy (non-hydrogen) atoms. The number of rotatable bonds is 4. The number of hydrogen-bond acceptors (Lipinski definition) is 3. The molecule has 110 valence electrons. The molecule has 0 aromatic rings. The predicted molar refractivity (Wildman–Crippen MR) is 76.0 cm³/mol. The molecule has 0 aromatic carbocycles. The number of carbonyl (C=O) groups excluding carboxylic acids is 1. The number of hydrogen-bond donors (Lipinski definition) is 2. The Morgan fingerprint density at radius 1 is 1.16 bits per heavy atom. The summed E-state index contributed by atoms with van der Waals surface area (Å²) in [6.45, 7) is 6.44. The van der Waals surface area contributed by atoms with E-state index in [2.05, 4.69) is 24.5 Å². The van der Waals surface area contributed by atoms with Gasteiger partial charge in [0.1, 0.15) is 0 Å². The summed E-state index contributed by atoms with van der Waals surface area (Å²) in [4.78, 5) is 12.4. The highest BCUT2D eigenvalue weighted by Crippen LogP contribution is 2.24. The van der Waals surface area contributed by atoms with Crippen LogP contribution < -0.4 is 10.6 Å². The van der Waals surface area contributed by atoms with E-state index in [0.29, 0.717) is 25.2 Å². The van der Waals surface area contributed by atoms with Crippen LogP contribution in [0, 0.1) is 11.8 Å². The lowest BCUT2D eigenvalue weighted by Crippen LogP contribution is -2.48. The molecule has 2 rings (SSSR count). The Labute approximate surface area is 116 Å². The highest BCUT2D eigenvalue weighted by atomic mass is 16.5. The quantitative estimate of drug-likeness (QED) is 0.763. The molecule has 4 atom stereocenters. The first-order valence-electron chi connectivity index (χ1n) is 7.84. The molecule has 1 saturated heterocycles. The van der Waals surface area contributed by atoms with Crippen LogP contribution in [0.3, 0.4) is 0 Å². The van der Waals surface area contributed by atoms with Gasteiger partial charge in [-0.3, -0.25) is 4.79 Å². The summed E-state index contributed by atoms with van der Waals surface area (Å²) in [5.74, 6) is 0.768. The monoisotopic (exact) mass is 268 g/mol. The van der Waals surface area contributed by atoms with Gasteiger partial charge in [0.25, 0.3) is 0 Å². The molecular formula is C15H28N2O2. The fourth-order valence-electron chi connectivity index (χ4n) is 3.27. The zero-order valence-electron chi connectivity index (χ0n) is 12.3. The second kappa shape index (κ2) is 7.25. The average molecular weight is 268 g/mol. The summed E-state index contributed by atoms with van der Waals surface area (Å²) in [5.41, 5.74) is 0. The van der Waals surface area contributed by atoms with Crippen molar-refractivity contribution in [1.29, 1.82) is 0 Å². The first kappa shape index (κ1) is 14.8. The molecule has 0 aromatic heterocycles. The van der Waals surface area contributed by atoms with E-state index < -0.39 is 0 Å². The smallest absolute Gasteiger partial charge is 0.227 e. The molecule has 2 N–H and O–H groups in total. The summed E-state index contributed by atoms with van der Waals surface area (Å²) >= 11 is 0. The Morgan fingerprint density at radius 3 is 2.74 bits per heavy atom. The number of likely N-dealkylation sites (N-methyl/N-ethyl adjacent to an activating group) is 1. The van der Waals surface area contributed by atoms with Crippen molar-refractivity contribution in [3.8, 4) is 0 Å². The van der Waals surface area contributed by atoms with E-state index in [9.17, 15) is 4.79 Å². The molecule has 4 heteroatoms. The van der Waals surface area contributed by atoms with Gasteiger partial charge in [0, 0.05) is 12.1 Å². The summed E-state index contributed by atoms with van der Waals surface area (Å²) in [7, 11) is 0. The van der Waals surface area contributed by atoms with Crippen molar-refractivity contribution in [2.75, 3.05) is 19.8 Å². The Morgan fingerprint density at radius 2 is 1.95 bits per heavy atom. The highest BCUT2D eigenvalue weighted by Gasteiger charge is 2.35. The second-order valence-corrected chi connectivity index (χ2v) is 6.04. The van der Waals surface area contributed by atoms with Gasteiger partial charge in [-0.05, 0) is 25.3 Å². The minimum atomic E-state index is -0.0181. The highest BCUT2D eigenvalue weighted by molar-refractivity contribution is 5.80. The first-order chi connectivity index (χ1) is 9.22. The minimum absolute atomic E-state index is 0.0181. The van der Waals surface area contributed by atoms with Gasteiger partial charge in [0.05, 0.1) is 19.1 Å². The van der Waals surface area contributed by atoms with E-state index in [-0.39, 0.29) is 17.9 Å². The molecule has 1 aliphatic carbocycles. The van der Waals surface area contributed by atoms with Gasteiger partial charge in [-0.15, -0.1) is 0 Å². The Kier molecular flexibility index (Phi) is 5.64. The van der Waals surface area contributed by atoms with Gasteiger partial charge in [-0.1, -0.05) is 33.1 Å².